The monoisotopic (exact) mass is 421 g/mol. The summed E-state index contributed by atoms with van der Waals surface area (Å²) in [5, 5.41) is 7.36. The lowest BCUT2D eigenvalue weighted by Gasteiger charge is -2.06. The molecule has 8 nitrogen and oxygen atoms in total. The van der Waals surface area contributed by atoms with Gasteiger partial charge >= 0.3 is 0 Å². The zero-order valence-electron chi connectivity index (χ0n) is 17.2. The molecular weight excluding hydrogens is 402 g/mol. The standard InChI is InChI=1S/C24H19N7O/c1-15-7-6-9-16(13-15)28-24(32)20-21-23(30-19-11-3-2-10-18(19)29-21)31(22(20)25)27-14-17-8-4-5-12-26-17/h2-14H,25H2,1H3,(H,28,32)/b27-14-. The van der Waals surface area contributed by atoms with Crippen LogP contribution >= 0.6 is 0 Å². The lowest BCUT2D eigenvalue weighted by atomic mass is 10.2. The van der Waals surface area contributed by atoms with Gasteiger partial charge in [0.15, 0.2) is 5.65 Å². The van der Waals surface area contributed by atoms with Gasteiger partial charge in [0.25, 0.3) is 5.91 Å². The molecule has 3 N–H and O–H groups in total. The molecule has 0 fully saturated rings. The van der Waals surface area contributed by atoms with Crippen molar-refractivity contribution < 1.29 is 4.79 Å². The average Bonchev–Trinajstić information content (AvgIpc) is 3.07. The van der Waals surface area contributed by atoms with Crippen molar-refractivity contribution in [3.63, 3.8) is 0 Å². The summed E-state index contributed by atoms with van der Waals surface area (Å²) in [4.78, 5) is 26.9. The molecule has 0 spiro atoms. The highest BCUT2D eigenvalue weighted by atomic mass is 16.1. The predicted molar refractivity (Wildman–Crippen MR) is 126 cm³/mol. The van der Waals surface area contributed by atoms with Crippen LogP contribution in [0.2, 0.25) is 0 Å². The minimum Gasteiger partial charge on any atom is -0.383 e. The van der Waals surface area contributed by atoms with Crippen LogP contribution in [0.3, 0.4) is 0 Å². The van der Waals surface area contributed by atoms with Gasteiger partial charge in [-0.15, -0.1) is 0 Å². The molecule has 0 aliphatic carbocycles. The highest BCUT2D eigenvalue weighted by Gasteiger charge is 2.24. The number of nitrogens with two attached hydrogens (primary N) is 1. The summed E-state index contributed by atoms with van der Waals surface area (Å²) in [6.45, 7) is 1.96. The fourth-order valence-electron chi connectivity index (χ4n) is 3.47. The van der Waals surface area contributed by atoms with E-state index in [-0.39, 0.29) is 17.3 Å². The number of para-hydroxylation sites is 2. The molecule has 0 unspecified atom stereocenters. The van der Waals surface area contributed by atoms with Crippen molar-refractivity contribution in [2.75, 3.05) is 11.1 Å². The van der Waals surface area contributed by atoms with Crippen molar-refractivity contribution in [1.82, 2.24) is 19.6 Å². The van der Waals surface area contributed by atoms with Gasteiger partial charge in [0.05, 0.1) is 22.9 Å². The van der Waals surface area contributed by atoms with E-state index in [2.05, 4.69) is 25.4 Å². The summed E-state index contributed by atoms with van der Waals surface area (Å²) < 4.78 is 1.43. The van der Waals surface area contributed by atoms with Crippen molar-refractivity contribution in [3.05, 3.63) is 89.7 Å². The third-order valence-electron chi connectivity index (χ3n) is 4.97. The number of nitrogens with zero attached hydrogens (tertiary/aromatic N) is 5. The van der Waals surface area contributed by atoms with Crippen molar-refractivity contribution in [2.45, 2.75) is 6.92 Å². The second kappa shape index (κ2) is 7.92. The maximum absolute atomic E-state index is 13.2. The molecule has 0 radical (unpaired) electrons. The van der Waals surface area contributed by atoms with Gasteiger partial charge in [0.1, 0.15) is 16.9 Å². The van der Waals surface area contributed by atoms with Gasteiger partial charge in [-0.05, 0) is 48.9 Å². The fourth-order valence-corrected chi connectivity index (χ4v) is 3.47. The summed E-state index contributed by atoms with van der Waals surface area (Å²) in [7, 11) is 0. The maximum atomic E-state index is 13.2. The Morgan fingerprint density at radius 2 is 1.81 bits per heavy atom. The Labute approximate surface area is 183 Å². The number of aryl methyl sites for hydroxylation is 1. The summed E-state index contributed by atoms with van der Waals surface area (Å²) in [5.41, 5.74) is 11.1. The maximum Gasteiger partial charge on any atom is 0.261 e. The lowest BCUT2D eigenvalue weighted by molar-refractivity contribution is 0.102. The van der Waals surface area contributed by atoms with Crippen LogP contribution in [0.25, 0.3) is 22.2 Å². The Kier molecular flexibility index (Phi) is 4.79. The van der Waals surface area contributed by atoms with E-state index in [0.717, 1.165) is 5.56 Å². The predicted octanol–water partition coefficient (Wildman–Crippen LogP) is 4.00. The van der Waals surface area contributed by atoms with Gasteiger partial charge in [-0.2, -0.15) is 9.78 Å². The molecule has 0 aliphatic rings. The molecule has 0 saturated heterocycles. The average molecular weight is 421 g/mol. The van der Waals surface area contributed by atoms with Crippen molar-refractivity contribution in [3.8, 4) is 0 Å². The van der Waals surface area contributed by atoms with Crippen LogP contribution < -0.4 is 11.1 Å². The lowest BCUT2D eigenvalue weighted by Crippen LogP contribution is -2.14. The molecular formula is C24H19N7O. The van der Waals surface area contributed by atoms with Gasteiger partial charge in [-0.3, -0.25) is 9.78 Å². The number of carbonyl (C=O) groups excluding carboxylic acids is 1. The van der Waals surface area contributed by atoms with Gasteiger partial charge < -0.3 is 11.1 Å². The Hall–Kier alpha value is -4.59. The normalized spacial score (nSPS) is 11.4. The molecule has 5 aromatic rings. The van der Waals surface area contributed by atoms with Crippen LogP contribution in [-0.2, 0) is 0 Å². The first-order valence-corrected chi connectivity index (χ1v) is 10.0. The molecule has 3 aromatic heterocycles. The number of anilines is 2. The summed E-state index contributed by atoms with van der Waals surface area (Å²) in [6, 6.07) is 20.5. The van der Waals surface area contributed by atoms with Crippen LogP contribution in [0, 0.1) is 6.92 Å². The second-order valence-electron chi connectivity index (χ2n) is 7.28. The van der Waals surface area contributed by atoms with Crippen molar-refractivity contribution in [1.29, 1.82) is 0 Å². The number of pyridine rings is 1. The van der Waals surface area contributed by atoms with Crippen LogP contribution in [0.5, 0.6) is 0 Å². The van der Waals surface area contributed by atoms with E-state index < -0.39 is 0 Å². The Morgan fingerprint density at radius 3 is 2.56 bits per heavy atom. The number of benzene rings is 2. The third-order valence-corrected chi connectivity index (χ3v) is 4.97. The second-order valence-corrected chi connectivity index (χ2v) is 7.28. The number of rotatable bonds is 4. The van der Waals surface area contributed by atoms with E-state index in [0.29, 0.717) is 33.6 Å². The summed E-state index contributed by atoms with van der Waals surface area (Å²) in [6.07, 6.45) is 3.24. The number of fused-ring (bicyclic) bond motifs is 2. The first-order chi connectivity index (χ1) is 15.6. The number of amides is 1. The third kappa shape index (κ3) is 3.54. The molecule has 0 bridgehead atoms. The zero-order chi connectivity index (χ0) is 22.1. The number of carbonyl (C=O) groups is 1. The molecule has 2 aromatic carbocycles. The SMILES string of the molecule is Cc1cccc(NC(=O)c2c(N)n(/N=C\c3ccccn3)c3nc4ccccc4nc23)c1. The molecule has 32 heavy (non-hydrogen) atoms. The molecule has 156 valence electrons. The van der Waals surface area contributed by atoms with Crippen molar-refractivity contribution >= 4 is 45.8 Å². The van der Waals surface area contributed by atoms with Gasteiger partial charge in [-0.25, -0.2) is 9.97 Å². The Balaban J connectivity index is 1.67. The van der Waals surface area contributed by atoms with E-state index in [1.807, 2.05) is 73.7 Å². The number of nitrogen functional groups attached to an aromatic ring is 1. The topological polar surface area (TPSA) is 111 Å². The zero-order valence-corrected chi connectivity index (χ0v) is 17.2. The van der Waals surface area contributed by atoms with E-state index >= 15 is 0 Å². The van der Waals surface area contributed by atoms with Crippen LogP contribution in [0.15, 0.2) is 78.0 Å². The van der Waals surface area contributed by atoms with E-state index in [9.17, 15) is 4.79 Å². The molecule has 0 aliphatic heterocycles. The van der Waals surface area contributed by atoms with E-state index in [1.54, 1.807) is 12.4 Å². The summed E-state index contributed by atoms with van der Waals surface area (Å²) >= 11 is 0. The number of hydrogen-bond donors (Lipinski definition) is 2. The molecule has 0 saturated carbocycles. The molecule has 8 heteroatoms. The van der Waals surface area contributed by atoms with E-state index in [1.165, 1.54) is 4.68 Å². The van der Waals surface area contributed by atoms with Gasteiger partial charge in [-0.1, -0.05) is 30.3 Å². The number of hydrogen-bond acceptors (Lipinski definition) is 6. The highest BCUT2D eigenvalue weighted by molar-refractivity contribution is 6.16. The van der Waals surface area contributed by atoms with Crippen LogP contribution in [-0.4, -0.2) is 31.7 Å². The molecule has 3 heterocycles. The molecule has 1 amide bonds. The summed E-state index contributed by atoms with van der Waals surface area (Å²) in [5.74, 6) is -0.234. The largest absolute Gasteiger partial charge is 0.383 e. The fraction of sp³-hybridized carbons (Fsp3) is 0.0417. The first-order valence-electron chi connectivity index (χ1n) is 10.0. The Bertz CT molecular complexity index is 1490. The quantitative estimate of drug-likeness (QED) is 0.426. The number of nitrogens with one attached hydrogen (secondary N) is 1. The minimum absolute atomic E-state index is 0.146. The number of aromatic nitrogens is 4. The molecule has 5 rings (SSSR count). The van der Waals surface area contributed by atoms with Crippen LogP contribution in [0.4, 0.5) is 11.5 Å². The minimum atomic E-state index is -0.380. The van der Waals surface area contributed by atoms with Gasteiger partial charge in [0.2, 0.25) is 0 Å². The van der Waals surface area contributed by atoms with E-state index in [4.69, 9.17) is 5.73 Å². The molecule has 0 atom stereocenters. The van der Waals surface area contributed by atoms with Crippen molar-refractivity contribution in [2.24, 2.45) is 5.10 Å². The van der Waals surface area contributed by atoms with Gasteiger partial charge in [0, 0.05) is 11.9 Å². The smallest absolute Gasteiger partial charge is 0.261 e. The Morgan fingerprint density at radius 1 is 1.03 bits per heavy atom. The highest BCUT2D eigenvalue weighted by Crippen LogP contribution is 2.28. The van der Waals surface area contributed by atoms with Crippen LogP contribution in [0.1, 0.15) is 21.6 Å². The first kappa shape index (κ1) is 19.4.